The fourth-order valence-electron chi connectivity index (χ4n) is 3.77. The Morgan fingerprint density at radius 1 is 1.13 bits per heavy atom. The van der Waals surface area contributed by atoms with Gasteiger partial charge in [0.25, 0.3) is 0 Å². The van der Waals surface area contributed by atoms with Gasteiger partial charge in [0.2, 0.25) is 5.95 Å². The largest absolute Gasteiger partial charge is 0.351 e. The normalized spacial score (nSPS) is 19.4. The number of benzene rings is 1. The van der Waals surface area contributed by atoms with E-state index in [1.165, 1.54) is 0 Å². The molecule has 4 N–H and O–H groups in total. The van der Waals surface area contributed by atoms with Crippen LogP contribution < -0.4 is 16.4 Å². The predicted octanol–water partition coefficient (Wildman–Crippen LogP) is 4.95. The first-order chi connectivity index (χ1) is 14.5. The van der Waals surface area contributed by atoms with Gasteiger partial charge in [-0.05, 0) is 62.3 Å². The molecule has 1 aliphatic carbocycles. The van der Waals surface area contributed by atoms with Crippen LogP contribution >= 0.6 is 11.6 Å². The van der Waals surface area contributed by atoms with Gasteiger partial charge in [0.1, 0.15) is 0 Å². The number of halogens is 1. The summed E-state index contributed by atoms with van der Waals surface area (Å²) < 4.78 is 2.12. The highest BCUT2D eigenvalue weighted by atomic mass is 35.5. The summed E-state index contributed by atoms with van der Waals surface area (Å²) in [5, 5.41) is 7.62. The van der Waals surface area contributed by atoms with Crippen LogP contribution in [0.2, 0.25) is 5.02 Å². The van der Waals surface area contributed by atoms with Crippen molar-refractivity contribution in [2.45, 2.75) is 64.6 Å². The number of imidazole rings is 1. The minimum atomic E-state index is 0.311. The lowest BCUT2D eigenvalue weighted by Crippen LogP contribution is -2.33. The first-order valence-electron chi connectivity index (χ1n) is 10.8. The fourth-order valence-corrected chi connectivity index (χ4v) is 3.90. The van der Waals surface area contributed by atoms with Crippen LogP contribution in [0.1, 0.15) is 46.0 Å². The molecular formula is C22H30ClN7. The second-order valence-electron chi connectivity index (χ2n) is 8.58. The monoisotopic (exact) mass is 427 g/mol. The lowest BCUT2D eigenvalue weighted by molar-refractivity contribution is 0.410. The molecule has 0 saturated heterocycles. The van der Waals surface area contributed by atoms with E-state index in [0.29, 0.717) is 34.8 Å². The van der Waals surface area contributed by atoms with Gasteiger partial charge in [-0.15, -0.1) is 0 Å². The number of nitrogens with two attached hydrogens (primary N) is 1. The summed E-state index contributed by atoms with van der Waals surface area (Å²) in [6, 6.07) is 8.23. The highest BCUT2D eigenvalue weighted by Crippen LogP contribution is 2.27. The molecule has 2 heterocycles. The van der Waals surface area contributed by atoms with Crippen molar-refractivity contribution in [2.75, 3.05) is 10.6 Å². The van der Waals surface area contributed by atoms with Gasteiger partial charge in [-0.2, -0.15) is 9.97 Å². The highest BCUT2D eigenvalue weighted by Gasteiger charge is 2.21. The van der Waals surface area contributed by atoms with Crippen molar-refractivity contribution in [1.82, 2.24) is 19.5 Å². The zero-order valence-electron chi connectivity index (χ0n) is 17.6. The van der Waals surface area contributed by atoms with Crippen molar-refractivity contribution in [3.05, 3.63) is 35.6 Å². The van der Waals surface area contributed by atoms with Gasteiger partial charge in [0.15, 0.2) is 17.0 Å². The molecule has 160 valence electrons. The molecule has 0 unspecified atom stereocenters. The van der Waals surface area contributed by atoms with E-state index in [1.54, 1.807) is 0 Å². The third kappa shape index (κ3) is 5.02. The maximum atomic E-state index is 6.06. The lowest BCUT2D eigenvalue weighted by atomic mass is 9.92. The molecule has 2 aromatic heterocycles. The van der Waals surface area contributed by atoms with Gasteiger partial charge in [-0.25, -0.2) is 4.98 Å². The first-order valence-corrected chi connectivity index (χ1v) is 11.1. The van der Waals surface area contributed by atoms with Gasteiger partial charge >= 0.3 is 0 Å². The molecule has 0 aliphatic heterocycles. The molecule has 4 rings (SSSR count). The van der Waals surface area contributed by atoms with E-state index in [2.05, 4.69) is 34.0 Å². The van der Waals surface area contributed by atoms with Crippen LogP contribution in [0.15, 0.2) is 30.6 Å². The minimum absolute atomic E-state index is 0.311. The molecule has 3 aromatic rings. The summed E-state index contributed by atoms with van der Waals surface area (Å²) in [5.41, 5.74) is 8.58. The summed E-state index contributed by atoms with van der Waals surface area (Å²) in [7, 11) is 0. The van der Waals surface area contributed by atoms with Crippen molar-refractivity contribution in [3.8, 4) is 0 Å². The second kappa shape index (κ2) is 9.18. The zero-order valence-corrected chi connectivity index (χ0v) is 18.4. The summed E-state index contributed by atoms with van der Waals surface area (Å²) in [6.07, 6.45) is 7.06. The molecule has 1 aromatic carbocycles. The quantitative estimate of drug-likeness (QED) is 0.493. The van der Waals surface area contributed by atoms with Crippen LogP contribution in [-0.4, -0.2) is 31.6 Å². The van der Waals surface area contributed by atoms with Crippen molar-refractivity contribution >= 4 is 40.2 Å². The maximum Gasteiger partial charge on any atom is 0.227 e. The van der Waals surface area contributed by atoms with E-state index in [0.717, 1.165) is 55.5 Å². The van der Waals surface area contributed by atoms with Crippen molar-refractivity contribution < 1.29 is 0 Å². The molecule has 30 heavy (non-hydrogen) atoms. The summed E-state index contributed by atoms with van der Waals surface area (Å²) in [6.45, 7) is 5.33. The number of fused-ring (bicyclic) bond motifs is 1. The Morgan fingerprint density at radius 2 is 1.87 bits per heavy atom. The van der Waals surface area contributed by atoms with Gasteiger partial charge < -0.3 is 20.9 Å². The average molecular weight is 428 g/mol. The minimum Gasteiger partial charge on any atom is -0.351 e. The Bertz CT molecular complexity index is 975. The third-order valence-electron chi connectivity index (χ3n) is 5.62. The van der Waals surface area contributed by atoms with E-state index < -0.39 is 0 Å². The highest BCUT2D eigenvalue weighted by molar-refractivity contribution is 6.30. The number of hydrogen-bond acceptors (Lipinski definition) is 6. The van der Waals surface area contributed by atoms with Gasteiger partial charge in [0, 0.05) is 29.3 Å². The zero-order chi connectivity index (χ0) is 21.1. The number of anilines is 3. The fraction of sp³-hybridized carbons (Fsp3) is 0.500. The number of rotatable bonds is 7. The molecule has 0 amide bonds. The van der Waals surface area contributed by atoms with E-state index in [4.69, 9.17) is 27.3 Å². The van der Waals surface area contributed by atoms with Gasteiger partial charge in [-0.1, -0.05) is 25.4 Å². The Balaban J connectivity index is 1.65. The molecule has 8 heteroatoms. The van der Waals surface area contributed by atoms with Crippen LogP contribution in [0, 0.1) is 5.92 Å². The molecule has 1 fully saturated rings. The number of nitrogens with one attached hydrogen (secondary N) is 2. The van der Waals surface area contributed by atoms with Crippen LogP contribution in [0.3, 0.4) is 0 Å². The SMILES string of the molecule is CC(C)CCn1cnc2c(Nc3ccc(Cl)cc3)nc(NC3CCC(N)CC3)nc21. The number of hydrogen-bond donors (Lipinski definition) is 3. The van der Waals surface area contributed by atoms with E-state index in [9.17, 15) is 0 Å². The Labute approximate surface area is 182 Å². The average Bonchev–Trinajstić information content (AvgIpc) is 3.13. The predicted molar refractivity (Wildman–Crippen MR) is 123 cm³/mol. The van der Waals surface area contributed by atoms with E-state index in [-0.39, 0.29) is 0 Å². The molecule has 0 bridgehead atoms. The Kier molecular flexibility index (Phi) is 6.39. The van der Waals surface area contributed by atoms with Crippen LogP contribution in [-0.2, 0) is 6.54 Å². The summed E-state index contributed by atoms with van der Waals surface area (Å²) >= 11 is 6.03. The number of aryl methyl sites for hydroxylation is 1. The Hall–Kier alpha value is -2.38. The van der Waals surface area contributed by atoms with Crippen molar-refractivity contribution in [2.24, 2.45) is 11.7 Å². The van der Waals surface area contributed by atoms with Gasteiger partial charge in [0.05, 0.1) is 6.33 Å². The topological polar surface area (TPSA) is 93.7 Å². The molecule has 0 atom stereocenters. The molecular weight excluding hydrogens is 398 g/mol. The summed E-state index contributed by atoms with van der Waals surface area (Å²) in [4.78, 5) is 14.2. The molecule has 0 radical (unpaired) electrons. The van der Waals surface area contributed by atoms with Crippen LogP contribution in [0.4, 0.5) is 17.5 Å². The van der Waals surface area contributed by atoms with Gasteiger partial charge in [-0.3, -0.25) is 0 Å². The second-order valence-corrected chi connectivity index (χ2v) is 9.01. The molecule has 7 nitrogen and oxygen atoms in total. The smallest absolute Gasteiger partial charge is 0.227 e. The van der Waals surface area contributed by atoms with E-state index in [1.807, 2.05) is 30.6 Å². The van der Waals surface area contributed by atoms with E-state index >= 15 is 0 Å². The van der Waals surface area contributed by atoms with Crippen molar-refractivity contribution in [1.29, 1.82) is 0 Å². The van der Waals surface area contributed by atoms with Crippen LogP contribution in [0.5, 0.6) is 0 Å². The molecule has 1 aliphatic rings. The number of aromatic nitrogens is 4. The van der Waals surface area contributed by atoms with Crippen LogP contribution in [0.25, 0.3) is 11.2 Å². The number of nitrogens with zero attached hydrogens (tertiary/aromatic N) is 4. The molecule has 1 saturated carbocycles. The summed E-state index contributed by atoms with van der Waals surface area (Å²) in [5.74, 6) is 1.94. The van der Waals surface area contributed by atoms with Crippen molar-refractivity contribution in [3.63, 3.8) is 0 Å². The Morgan fingerprint density at radius 3 is 2.57 bits per heavy atom. The lowest BCUT2D eigenvalue weighted by Gasteiger charge is -2.26. The third-order valence-corrected chi connectivity index (χ3v) is 5.88. The first kappa shape index (κ1) is 20.9. The standard InChI is InChI=1S/C22H30ClN7/c1-14(2)11-12-30-13-25-19-20(26-17-7-3-15(23)4-8-17)28-22(29-21(19)30)27-18-9-5-16(24)6-10-18/h3-4,7-8,13-14,16,18H,5-6,9-12,24H2,1-2H3,(H2,26,27,28,29). The molecule has 0 spiro atoms. The maximum absolute atomic E-state index is 6.06.